The fourth-order valence-electron chi connectivity index (χ4n) is 2.33. The number of rotatable bonds is 4. The summed E-state index contributed by atoms with van der Waals surface area (Å²) in [4.78, 5) is 31.5. The van der Waals surface area contributed by atoms with Crippen molar-refractivity contribution in [1.29, 1.82) is 0 Å². The zero-order chi connectivity index (χ0) is 15.0. The second-order valence-electron chi connectivity index (χ2n) is 4.83. The first-order chi connectivity index (χ1) is 10.1. The molecule has 0 unspecified atom stereocenters. The van der Waals surface area contributed by atoms with Crippen LogP contribution < -0.4 is 5.56 Å². The Balaban J connectivity index is 2.29. The van der Waals surface area contributed by atoms with E-state index in [4.69, 9.17) is 0 Å². The van der Waals surface area contributed by atoms with Crippen LogP contribution in [0.2, 0.25) is 0 Å². The summed E-state index contributed by atoms with van der Waals surface area (Å²) in [6, 6.07) is 7.71. The standard InChI is InChI=1S/C15H15N3O2S/c1-3-18-14(20)13-12(17-15(18)21-8-9(2)19)10-6-4-5-7-11(10)16-13/h4-7,16H,3,8H2,1-2H3. The van der Waals surface area contributed by atoms with Gasteiger partial charge in [0, 0.05) is 17.4 Å². The van der Waals surface area contributed by atoms with Gasteiger partial charge in [-0.3, -0.25) is 14.2 Å². The first-order valence-electron chi connectivity index (χ1n) is 6.75. The first-order valence-corrected chi connectivity index (χ1v) is 7.74. The van der Waals surface area contributed by atoms with Gasteiger partial charge in [0.1, 0.15) is 16.8 Å². The minimum absolute atomic E-state index is 0.0657. The molecule has 0 aliphatic rings. The normalized spacial score (nSPS) is 11.3. The smallest absolute Gasteiger partial charge is 0.278 e. The Morgan fingerprint density at radius 2 is 2.14 bits per heavy atom. The van der Waals surface area contributed by atoms with Crippen LogP contribution in [0.25, 0.3) is 21.9 Å². The number of fused-ring (bicyclic) bond motifs is 3. The number of aromatic nitrogens is 3. The summed E-state index contributed by atoms with van der Waals surface area (Å²) in [5.41, 5.74) is 2.00. The average molecular weight is 301 g/mol. The van der Waals surface area contributed by atoms with Gasteiger partial charge >= 0.3 is 0 Å². The van der Waals surface area contributed by atoms with Gasteiger partial charge in [0.15, 0.2) is 5.16 Å². The number of aromatic amines is 1. The van der Waals surface area contributed by atoms with Gasteiger partial charge in [0.25, 0.3) is 5.56 Å². The highest BCUT2D eigenvalue weighted by Gasteiger charge is 2.15. The molecular formula is C15H15N3O2S. The van der Waals surface area contributed by atoms with Crippen LogP contribution in [-0.4, -0.2) is 26.1 Å². The number of benzene rings is 1. The van der Waals surface area contributed by atoms with Crippen molar-refractivity contribution < 1.29 is 4.79 Å². The van der Waals surface area contributed by atoms with Crippen molar-refractivity contribution in [3.05, 3.63) is 34.6 Å². The number of hydrogen-bond donors (Lipinski definition) is 1. The molecule has 0 spiro atoms. The molecule has 21 heavy (non-hydrogen) atoms. The first kappa shape index (κ1) is 13.9. The number of hydrogen-bond acceptors (Lipinski definition) is 4. The lowest BCUT2D eigenvalue weighted by atomic mass is 10.2. The summed E-state index contributed by atoms with van der Waals surface area (Å²) >= 11 is 1.31. The Hall–Kier alpha value is -2.08. The summed E-state index contributed by atoms with van der Waals surface area (Å²) in [6.45, 7) is 3.96. The summed E-state index contributed by atoms with van der Waals surface area (Å²) in [5, 5.41) is 1.52. The fourth-order valence-corrected chi connectivity index (χ4v) is 3.19. The third-order valence-electron chi connectivity index (χ3n) is 3.30. The molecular weight excluding hydrogens is 286 g/mol. The maximum absolute atomic E-state index is 12.6. The van der Waals surface area contributed by atoms with E-state index in [-0.39, 0.29) is 11.3 Å². The molecule has 0 saturated heterocycles. The predicted molar refractivity (Wildman–Crippen MR) is 84.9 cm³/mol. The number of nitrogens with zero attached hydrogens (tertiary/aromatic N) is 2. The summed E-state index contributed by atoms with van der Waals surface area (Å²) < 4.78 is 1.60. The van der Waals surface area contributed by atoms with Crippen LogP contribution in [0.15, 0.2) is 34.2 Å². The number of H-pyrrole nitrogens is 1. The maximum Gasteiger partial charge on any atom is 0.278 e. The Labute approximate surface area is 125 Å². The van der Waals surface area contributed by atoms with Gasteiger partial charge in [-0.15, -0.1) is 0 Å². The van der Waals surface area contributed by atoms with Gasteiger partial charge in [-0.25, -0.2) is 4.98 Å². The lowest BCUT2D eigenvalue weighted by Gasteiger charge is -2.08. The van der Waals surface area contributed by atoms with Crippen molar-refractivity contribution in [2.45, 2.75) is 25.5 Å². The van der Waals surface area contributed by atoms with E-state index < -0.39 is 0 Å². The molecule has 2 heterocycles. The van der Waals surface area contributed by atoms with Crippen molar-refractivity contribution >= 4 is 39.5 Å². The van der Waals surface area contributed by atoms with Crippen LogP contribution in [0.5, 0.6) is 0 Å². The van der Waals surface area contributed by atoms with Crippen molar-refractivity contribution in [3.63, 3.8) is 0 Å². The molecule has 0 bridgehead atoms. The molecule has 1 N–H and O–H groups in total. The molecule has 6 heteroatoms. The van der Waals surface area contributed by atoms with E-state index in [1.165, 1.54) is 18.7 Å². The molecule has 5 nitrogen and oxygen atoms in total. The molecule has 1 aromatic carbocycles. The highest BCUT2D eigenvalue weighted by Crippen LogP contribution is 2.24. The van der Waals surface area contributed by atoms with Gasteiger partial charge in [-0.2, -0.15) is 0 Å². The topological polar surface area (TPSA) is 67.8 Å². The third kappa shape index (κ3) is 2.35. The van der Waals surface area contributed by atoms with E-state index in [1.54, 1.807) is 4.57 Å². The number of nitrogens with one attached hydrogen (secondary N) is 1. The van der Waals surface area contributed by atoms with E-state index in [0.717, 1.165) is 10.9 Å². The predicted octanol–water partition coefficient (Wildman–Crippen LogP) is 2.58. The average Bonchev–Trinajstić information content (AvgIpc) is 2.84. The highest BCUT2D eigenvalue weighted by molar-refractivity contribution is 7.99. The molecule has 0 aliphatic carbocycles. The minimum atomic E-state index is -0.0928. The quantitative estimate of drug-likeness (QED) is 0.594. The Bertz CT molecular complexity index is 895. The molecule has 3 rings (SSSR count). The number of carbonyl (C=O) groups excluding carboxylic acids is 1. The van der Waals surface area contributed by atoms with E-state index in [1.807, 2.05) is 31.2 Å². The number of para-hydroxylation sites is 1. The molecule has 108 valence electrons. The van der Waals surface area contributed by atoms with E-state index in [9.17, 15) is 9.59 Å². The number of carbonyl (C=O) groups is 1. The van der Waals surface area contributed by atoms with Crippen LogP contribution in [-0.2, 0) is 11.3 Å². The monoisotopic (exact) mass is 301 g/mol. The van der Waals surface area contributed by atoms with Gasteiger partial charge in [0.05, 0.1) is 5.75 Å². The van der Waals surface area contributed by atoms with Crippen LogP contribution in [0, 0.1) is 0 Å². The van der Waals surface area contributed by atoms with Crippen LogP contribution in [0.1, 0.15) is 13.8 Å². The molecule has 0 amide bonds. The van der Waals surface area contributed by atoms with Crippen molar-refractivity contribution in [2.24, 2.45) is 0 Å². The summed E-state index contributed by atoms with van der Waals surface area (Å²) in [6.07, 6.45) is 0. The van der Waals surface area contributed by atoms with Gasteiger partial charge in [0.2, 0.25) is 0 Å². The van der Waals surface area contributed by atoms with E-state index >= 15 is 0 Å². The fraction of sp³-hybridized carbons (Fsp3) is 0.267. The maximum atomic E-state index is 12.6. The van der Waals surface area contributed by atoms with E-state index in [0.29, 0.717) is 28.5 Å². The summed E-state index contributed by atoms with van der Waals surface area (Å²) in [5.74, 6) is 0.385. The lowest BCUT2D eigenvalue weighted by molar-refractivity contribution is -0.114. The minimum Gasteiger partial charge on any atom is -0.349 e. The number of Topliss-reactive ketones (excluding diaryl/α,β-unsaturated/α-hetero) is 1. The molecule has 0 aliphatic heterocycles. The number of thioether (sulfide) groups is 1. The summed E-state index contributed by atoms with van der Waals surface area (Å²) in [7, 11) is 0. The van der Waals surface area contributed by atoms with Crippen LogP contribution >= 0.6 is 11.8 Å². The molecule has 0 radical (unpaired) electrons. The SMILES string of the molecule is CCn1c(SCC(C)=O)nc2c([nH]c3ccccc32)c1=O. The zero-order valence-corrected chi connectivity index (χ0v) is 12.7. The molecule has 2 aromatic heterocycles. The van der Waals surface area contributed by atoms with Gasteiger partial charge < -0.3 is 4.98 Å². The van der Waals surface area contributed by atoms with Crippen molar-refractivity contribution in [1.82, 2.24) is 14.5 Å². The number of ketones is 1. The van der Waals surface area contributed by atoms with Crippen molar-refractivity contribution in [3.8, 4) is 0 Å². The van der Waals surface area contributed by atoms with E-state index in [2.05, 4.69) is 9.97 Å². The van der Waals surface area contributed by atoms with Crippen LogP contribution in [0.4, 0.5) is 0 Å². The Morgan fingerprint density at radius 3 is 2.86 bits per heavy atom. The highest BCUT2D eigenvalue weighted by atomic mass is 32.2. The lowest BCUT2D eigenvalue weighted by Crippen LogP contribution is -2.22. The molecule has 0 saturated carbocycles. The molecule has 0 atom stereocenters. The second-order valence-corrected chi connectivity index (χ2v) is 5.77. The van der Waals surface area contributed by atoms with Crippen molar-refractivity contribution in [2.75, 3.05) is 5.75 Å². The Morgan fingerprint density at radius 1 is 1.38 bits per heavy atom. The largest absolute Gasteiger partial charge is 0.349 e. The second kappa shape index (κ2) is 5.37. The molecule has 3 aromatic rings. The van der Waals surface area contributed by atoms with Crippen LogP contribution in [0.3, 0.4) is 0 Å². The van der Waals surface area contributed by atoms with Gasteiger partial charge in [-0.1, -0.05) is 30.0 Å². The Kier molecular flexibility index (Phi) is 3.55. The zero-order valence-electron chi connectivity index (χ0n) is 11.8. The molecule has 0 fully saturated rings. The van der Waals surface area contributed by atoms with Gasteiger partial charge in [-0.05, 0) is 19.9 Å². The third-order valence-corrected chi connectivity index (χ3v) is 4.42.